The Morgan fingerprint density at radius 1 is 1.45 bits per heavy atom. The fourth-order valence-electron chi connectivity index (χ4n) is 0.470. The molecule has 68 valence electrons. The SMILES string of the molecule is CON(C)S(=O)(=O)NC(C)C. The molecule has 0 bridgehead atoms. The lowest BCUT2D eigenvalue weighted by atomic mass is 10.4. The molecule has 0 unspecified atom stereocenters. The predicted molar refractivity (Wildman–Crippen MR) is 42.0 cm³/mol. The lowest BCUT2D eigenvalue weighted by Crippen LogP contribution is -2.40. The smallest absolute Gasteiger partial charge is 0.287 e. The van der Waals surface area contributed by atoms with Crippen LogP contribution in [0.5, 0.6) is 0 Å². The van der Waals surface area contributed by atoms with E-state index in [0.29, 0.717) is 0 Å². The molecule has 5 nitrogen and oxygen atoms in total. The Morgan fingerprint density at radius 2 is 1.91 bits per heavy atom. The molecule has 0 saturated carbocycles. The van der Waals surface area contributed by atoms with Crippen LogP contribution in [-0.2, 0) is 15.0 Å². The van der Waals surface area contributed by atoms with Gasteiger partial charge in [0.15, 0.2) is 0 Å². The van der Waals surface area contributed by atoms with E-state index in [1.54, 1.807) is 13.8 Å². The first-order chi connectivity index (χ1) is 4.90. The van der Waals surface area contributed by atoms with Crippen molar-refractivity contribution in [1.29, 1.82) is 0 Å². The fourth-order valence-corrected chi connectivity index (χ4v) is 1.41. The van der Waals surface area contributed by atoms with Crippen molar-refractivity contribution in [3.63, 3.8) is 0 Å². The molecule has 0 aromatic carbocycles. The third-order valence-corrected chi connectivity index (χ3v) is 2.58. The zero-order valence-corrected chi connectivity index (χ0v) is 7.97. The van der Waals surface area contributed by atoms with Crippen molar-refractivity contribution in [2.24, 2.45) is 0 Å². The van der Waals surface area contributed by atoms with Crippen molar-refractivity contribution in [2.45, 2.75) is 19.9 Å². The third-order valence-electron chi connectivity index (χ3n) is 0.980. The van der Waals surface area contributed by atoms with E-state index >= 15 is 0 Å². The summed E-state index contributed by atoms with van der Waals surface area (Å²) in [5.41, 5.74) is 0. The minimum Gasteiger partial charge on any atom is -0.287 e. The molecule has 11 heavy (non-hydrogen) atoms. The van der Waals surface area contributed by atoms with E-state index in [0.717, 1.165) is 4.47 Å². The largest absolute Gasteiger partial charge is 0.301 e. The number of nitrogens with one attached hydrogen (secondary N) is 1. The minimum atomic E-state index is -3.45. The van der Waals surface area contributed by atoms with Gasteiger partial charge in [-0.05, 0) is 13.8 Å². The lowest BCUT2D eigenvalue weighted by Gasteiger charge is -2.16. The van der Waals surface area contributed by atoms with E-state index in [2.05, 4.69) is 9.56 Å². The van der Waals surface area contributed by atoms with Crippen LogP contribution in [0.3, 0.4) is 0 Å². The van der Waals surface area contributed by atoms with Crippen LogP contribution in [0.15, 0.2) is 0 Å². The highest BCUT2D eigenvalue weighted by atomic mass is 32.2. The standard InChI is InChI=1S/C5H14N2O3S/c1-5(2)6-11(8,9)7(3)10-4/h5-6H,1-4H3. The van der Waals surface area contributed by atoms with Crippen LogP contribution < -0.4 is 4.72 Å². The van der Waals surface area contributed by atoms with Gasteiger partial charge < -0.3 is 0 Å². The quantitative estimate of drug-likeness (QED) is 0.608. The van der Waals surface area contributed by atoms with Crippen molar-refractivity contribution in [3.05, 3.63) is 0 Å². The summed E-state index contributed by atoms with van der Waals surface area (Å²) in [6.45, 7) is 3.47. The topological polar surface area (TPSA) is 58.6 Å². The summed E-state index contributed by atoms with van der Waals surface area (Å²) < 4.78 is 25.2. The van der Waals surface area contributed by atoms with Gasteiger partial charge in [0.05, 0.1) is 7.11 Å². The van der Waals surface area contributed by atoms with E-state index in [1.165, 1.54) is 14.2 Å². The van der Waals surface area contributed by atoms with Gasteiger partial charge in [0, 0.05) is 13.1 Å². The van der Waals surface area contributed by atoms with Gasteiger partial charge in [-0.2, -0.15) is 13.1 Å². The van der Waals surface area contributed by atoms with Crippen LogP contribution in [0.25, 0.3) is 0 Å². The van der Waals surface area contributed by atoms with E-state index in [9.17, 15) is 8.42 Å². The van der Waals surface area contributed by atoms with Crippen LogP contribution in [0.4, 0.5) is 0 Å². The van der Waals surface area contributed by atoms with Gasteiger partial charge in [-0.1, -0.05) is 4.47 Å². The van der Waals surface area contributed by atoms with Crippen LogP contribution in [0.2, 0.25) is 0 Å². The molecule has 0 aliphatic rings. The predicted octanol–water partition coefficient (Wildman–Crippen LogP) is -0.278. The maximum absolute atomic E-state index is 11.1. The molecule has 0 radical (unpaired) electrons. The highest BCUT2D eigenvalue weighted by Gasteiger charge is 2.17. The second kappa shape index (κ2) is 4.01. The minimum absolute atomic E-state index is 0.127. The Kier molecular flexibility index (Phi) is 3.95. The number of rotatable bonds is 4. The third kappa shape index (κ3) is 3.66. The molecule has 0 atom stereocenters. The Bertz CT molecular complexity index is 200. The molecule has 0 aromatic heterocycles. The van der Waals surface area contributed by atoms with E-state index < -0.39 is 10.2 Å². The van der Waals surface area contributed by atoms with Gasteiger partial charge in [-0.15, -0.1) is 0 Å². The molecule has 0 aliphatic heterocycles. The summed E-state index contributed by atoms with van der Waals surface area (Å²) in [5, 5.41) is 0. The van der Waals surface area contributed by atoms with E-state index in [-0.39, 0.29) is 6.04 Å². The molecule has 6 heteroatoms. The van der Waals surface area contributed by atoms with Crippen LogP contribution >= 0.6 is 0 Å². The van der Waals surface area contributed by atoms with Crippen LogP contribution in [0, 0.1) is 0 Å². The van der Waals surface area contributed by atoms with Gasteiger partial charge in [-0.25, -0.2) is 0 Å². The molecular formula is C5H14N2O3S. The highest BCUT2D eigenvalue weighted by Crippen LogP contribution is 1.94. The normalized spacial score (nSPS) is 12.9. The Labute approximate surface area is 67.5 Å². The Balaban J connectivity index is 4.23. The number of hydroxylamine groups is 1. The molecule has 1 N–H and O–H groups in total. The van der Waals surface area contributed by atoms with Crippen LogP contribution in [-0.4, -0.2) is 33.1 Å². The van der Waals surface area contributed by atoms with Crippen molar-refractivity contribution in [3.8, 4) is 0 Å². The Morgan fingerprint density at radius 3 is 2.18 bits per heavy atom. The first-order valence-corrected chi connectivity index (χ1v) is 4.64. The zero-order chi connectivity index (χ0) is 9.07. The zero-order valence-electron chi connectivity index (χ0n) is 7.16. The van der Waals surface area contributed by atoms with Crippen molar-refractivity contribution in [2.75, 3.05) is 14.2 Å². The first-order valence-electron chi connectivity index (χ1n) is 3.20. The van der Waals surface area contributed by atoms with Gasteiger partial charge in [0.1, 0.15) is 0 Å². The molecule has 0 fully saturated rings. The highest BCUT2D eigenvalue weighted by molar-refractivity contribution is 7.87. The molecule has 0 amide bonds. The van der Waals surface area contributed by atoms with Gasteiger partial charge in [-0.3, -0.25) is 4.84 Å². The van der Waals surface area contributed by atoms with Gasteiger partial charge in [0.25, 0.3) is 0 Å². The number of hydrogen-bond acceptors (Lipinski definition) is 3. The molecule has 0 saturated heterocycles. The summed E-state index contributed by atoms with van der Waals surface area (Å²) in [5.74, 6) is 0. The molecule has 0 rings (SSSR count). The molecular weight excluding hydrogens is 168 g/mol. The van der Waals surface area contributed by atoms with Crippen molar-refractivity contribution in [1.82, 2.24) is 9.19 Å². The lowest BCUT2D eigenvalue weighted by molar-refractivity contribution is -0.0273. The summed E-state index contributed by atoms with van der Waals surface area (Å²) in [6.07, 6.45) is 0. The second-order valence-corrected chi connectivity index (χ2v) is 4.07. The number of nitrogens with zero attached hydrogens (tertiary/aromatic N) is 1. The van der Waals surface area contributed by atoms with Crippen molar-refractivity contribution < 1.29 is 13.3 Å². The summed E-state index contributed by atoms with van der Waals surface area (Å²) in [7, 11) is -0.833. The molecule has 0 heterocycles. The maximum Gasteiger partial charge on any atom is 0.301 e. The van der Waals surface area contributed by atoms with Gasteiger partial charge in [0.2, 0.25) is 0 Å². The van der Waals surface area contributed by atoms with Crippen molar-refractivity contribution >= 4 is 10.2 Å². The van der Waals surface area contributed by atoms with E-state index in [4.69, 9.17) is 0 Å². The Hall–Kier alpha value is -0.170. The summed E-state index contributed by atoms with van der Waals surface area (Å²) in [4.78, 5) is 4.50. The number of hydrogen-bond donors (Lipinski definition) is 1. The molecule has 0 aliphatic carbocycles. The summed E-state index contributed by atoms with van der Waals surface area (Å²) >= 11 is 0. The second-order valence-electron chi connectivity index (χ2n) is 2.37. The fraction of sp³-hybridized carbons (Fsp3) is 1.00. The summed E-state index contributed by atoms with van der Waals surface area (Å²) in [6, 6.07) is -0.127. The monoisotopic (exact) mass is 182 g/mol. The first kappa shape index (κ1) is 10.8. The average molecular weight is 182 g/mol. The van der Waals surface area contributed by atoms with Gasteiger partial charge >= 0.3 is 10.2 Å². The molecule has 0 aromatic rings. The van der Waals surface area contributed by atoms with E-state index in [1.807, 2.05) is 0 Å². The average Bonchev–Trinajstić information content (AvgIpc) is 1.83. The van der Waals surface area contributed by atoms with Crippen LogP contribution in [0.1, 0.15) is 13.8 Å². The molecule has 0 spiro atoms. The maximum atomic E-state index is 11.1.